The Morgan fingerprint density at radius 3 is 2.56 bits per heavy atom. The van der Waals surface area contributed by atoms with Crippen LogP contribution in [0, 0.1) is 6.54 Å². The maximum atomic E-state index is 5.37. The van der Waals surface area contributed by atoms with Crippen molar-refractivity contribution in [2.75, 3.05) is 36.5 Å². The van der Waals surface area contributed by atoms with Crippen LogP contribution >= 0.6 is 0 Å². The number of morpholine rings is 1. The Kier molecular flexibility index (Phi) is 4.61. The lowest BCUT2D eigenvalue weighted by Gasteiger charge is -2.27. The second-order valence-electron chi connectivity index (χ2n) is 5.85. The average Bonchev–Trinajstić information content (AvgIpc) is 2.71. The highest BCUT2D eigenvalue weighted by molar-refractivity contribution is 5.98. The molecule has 6 heteroatoms. The molecule has 1 aromatic carbocycles. The number of rotatable bonds is 3. The summed E-state index contributed by atoms with van der Waals surface area (Å²) in [4.78, 5) is 11.2. The Bertz CT molecular complexity index is 764. The highest BCUT2D eigenvalue weighted by Gasteiger charge is 2.13. The first kappa shape index (κ1) is 15.7. The minimum atomic E-state index is 0.681. The zero-order chi connectivity index (χ0) is 16.9. The number of ether oxygens (including phenoxy) is 1. The Balaban J connectivity index is 1.41. The summed E-state index contributed by atoms with van der Waals surface area (Å²) in [6.45, 7) is 5.23. The Morgan fingerprint density at radius 1 is 1.04 bits per heavy atom. The normalized spacial score (nSPS) is 17.4. The van der Waals surface area contributed by atoms with Crippen LogP contribution in [0.3, 0.4) is 0 Å². The maximum absolute atomic E-state index is 5.37. The molecule has 0 spiro atoms. The number of hydrogen-bond donors (Lipinski definition) is 2. The van der Waals surface area contributed by atoms with Gasteiger partial charge in [-0.05, 0) is 17.7 Å². The Labute approximate surface area is 147 Å². The molecule has 1 fully saturated rings. The Morgan fingerprint density at radius 2 is 1.88 bits per heavy atom. The van der Waals surface area contributed by atoms with Gasteiger partial charge in [-0.1, -0.05) is 30.3 Å². The molecule has 3 heterocycles. The average molecular weight is 334 g/mol. The number of aromatic nitrogens is 1. The topological polar surface area (TPSA) is 61.8 Å². The second kappa shape index (κ2) is 7.36. The Hall–Kier alpha value is -2.86. The van der Waals surface area contributed by atoms with Crippen LogP contribution in [0.15, 0.2) is 59.9 Å². The molecule has 0 bridgehead atoms. The zero-order valence-electron chi connectivity index (χ0n) is 13.9. The molecule has 0 atom stereocenters. The number of nitrogens with zero attached hydrogens (tertiary/aromatic N) is 3. The van der Waals surface area contributed by atoms with Crippen molar-refractivity contribution in [2.45, 2.75) is 0 Å². The highest BCUT2D eigenvalue weighted by atomic mass is 16.5. The van der Waals surface area contributed by atoms with Crippen molar-refractivity contribution < 1.29 is 4.74 Å². The van der Waals surface area contributed by atoms with Crippen molar-refractivity contribution in [1.29, 1.82) is 0 Å². The predicted molar refractivity (Wildman–Crippen MR) is 100 cm³/mol. The van der Waals surface area contributed by atoms with E-state index in [0.717, 1.165) is 48.9 Å². The fourth-order valence-electron chi connectivity index (χ4n) is 2.79. The lowest BCUT2D eigenvalue weighted by Crippen LogP contribution is -2.36. The number of guanidine groups is 1. The second-order valence-corrected chi connectivity index (χ2v) is 5.85. The molecule has 4 rings (SSSR count). The number of hydrogen-bond acceptors (Lipinski definition) is 6. The number of anilines is 2. The highest BCUT2D eigenvalue weighted by Crippen LogP contribution is 2.19. The first-order chi connectivity index (χ1) is 12.4. The van der Waals surface area contributed by atoms with E-state index in [2.05, 4.69) is 37.6 Å². The van der Waals surface area contributed by atoms with Gasteiger partial charge < -0.3 is 20.3 Å². The molecule has 2 aliphatic heterocycles. The number of aliphatic imine (C=N–C) groups is 1. The van der Waals surface area contributed by atoms with Crippen molar-refractivity contribution in [3.63, 3.8) is 0 Å². The molecule has 0 amide bonds. The van der Waals surface area contributed by atoms with Crippen LogP contribution in [0.25, 0.3) is 5.57 Å². The van der Waals surface area contributed by atoms with E-state index in [1.165, 1.54) is 0 Å². The molecule has 2 N–H and O–H groups in total. The van der Waals surface area contributed by atoms with Crippen LogP contribution in [0.5, 0.6) is 0 Å². The van der Waals surface area contributed by atoms with Crippen LogP contribution < -0.4 is 15.5 Å². The SMILES string of the molecule is [CH]1NC(Nc2ccc(N3CCOCC3)nc2)=NC=C1c1ccccc1. The van der Waals surface area contributed by atoms with Crippen molar-refractivity contribution in [1.82, 2.24) is 10.3 Å². The van der Waals surface area contributed by atoms with Gasteiger partial charge in [0.05, 0.1) is 31.6 Å². The van der Waals surface area contributed by atoms with Gasteiger partial charge in [0.2, 0.25) is 5.96 Å². The summed E-state index contributed by atoms with van der Waals surface area (Å²) in [5.74, 6) is 1.66. The molecule has 1 saturated heterocycles. The molecule has 0 unspecified atom stereocenters. The van der Waals surface area contributed by atoms with E-state index in [1.54, 1.807) is 0 Å². The van der Waals surface area contributed by atoms with E-state index in [1.807, 2.05) is 49.3 Å². The largest absolute Gasteiger partial charge is 0.378 e. The van der Waals surface area contributed by atoms with E-state index in [-0.39, 0.29) is 0 Å². The van der Waals surface area contributed by atoms with Gasteiger partial charge in [0.15, 0.2) is 0 Å². The fourth-order valence-corrected chi connectivity index (χ4v) is 2.79. The fraction of sp³-hybridized carbons (Fsp3) is 0.211. The molecule has 127 valence electrons. The summed E-state index contributed by atoms with van der Waals surface area (Å²) in [5.41, 5.74) is 3.08. The minimum Gasteiger partial charge on any atom is -0.378 e. The van der Waals surface area contributed by atoms with Gasteiger partial charge in [-0.15, -0.1) is 0 Å². The van der Waals surface area contributed by atoms with Crippen molar-refractivity contribution in [3.8, 4) is 0 Å². The lowest BCUT2D eigenvalue weighted by atomic mass is 10.1. The van der Waals surface area contributed by atoms with Crippen LogP contribution in [-0.4, -0.2) is 37.2 Å². The third-order valence-corrected chi connectivity index (χ3v) is 4.15. The molecular formula is C19H20N5O. The van der Waals surface area contributed by atoms with E-state index >= 15 is 0 Å². The molecule has 1 radical (unpaired) electrons. The van der Waals surface area contributed by atoms with Crippen LogP contribution in [-0.2, 0) is 4.74 Å². The third-order valence-electron chi connectivity index (χ3n) is 4.15. The molecule has 6 nitrogen and oxygen atoms in total. The summed E-state index contributed by atoms with van der Waals surface area (Å²) >= 11 is 0. The van der Waals surface area contributed by atoms with Gasteiger partial charge in [0.25, 0.3) is 0 Å². The molecule has 1 aromatic heterocycles. The molecule has 25 heavy (non-hydrogen) atoms. The quantitative estimate of drug-likeness (QED) is 0.903. The third kappa shape index (κ3) is 3.80. The first-order valence-corrected chi connectivity index (χ1v) is 8.37. The molecule has 2 aromatic rings. The van der Waals surface area contributed by atoms with E-state index in [9.17, 15) is 0 Å². The summed E-state index contributed by atoms with van der Waals surface area (Å²) in [6.07, 6.45) is 3.68. The van der Waals surface area contributed by atoms with Gasteiger partial charge in [-0.25, -0.2) is 9.98 Å². The van der Waals surface area contributed by atoms with Crippen LogP contribution in [0.2, 0.25) is 0 Å². The van der Waals surface area contributed by atoms with Crippen molar-refractivity contribution >= 4 is 23.0 Å². The first-order valence-electron chi connectivity index (χ1n) is 8.37. The van der Waals surface area contributed by atoms with Crippen LogP contribution in [0.4, 0.5) is 11.5 Å². The lowest BCUT2D eigenvalue weighted by molar-refractivity contribution is 0.122. The van der Waals surface area contributed by atoms with E-state index in [0.29, 0.717) is 5.96 Å². The van der Waals surface area contributed by atoms with E-state index < -0.39 is 0 Å². The van der Waals surface area contributed by atoms with Gasteiger partial charge in [-0.2, -0.15) is 0 Å². The minimum absolute atomic E-state index is 0.681. The number of nitrogens with one attached hydrogen (secondary N) is 2. The molecule has 0 saturated carbocycles. The monoisotopic (exact) mass is 334 g/mol. The number of pyridine rings is 1. The zero-order valence-corrected chi connectivity index (χ0v) is 13.9. The molecule has 0 aliphatic carbocycles. The van der Waals surface area contributed by atoms with Gasteiger partial charge in [0.1, 0.15) is 5.82 Å². The summed E-state index contributed by atoms with van der Waals surface area (Å²) in [7, 11) is 0. The maximum Gasteiger partial charge on any atom is 0.201 e. The van der Waals surface area contributed by atoms with Crippen LogP contribution in [0.1, 0.15) is 5.56 Å². The molecular weight excluding hydrogens is 314 g/mol. The summed E-state index contributed by atoms with van der Waals surface area (Å²) in [5, 5.41) is 6.43. The number of benzene rings is 1. The van der Waals surface area contributed by atoms with Crippen molar-refractivity contribution in [2.24, 2.45) is 4.99 Å². The summed E-state index contributed by atoms with van der Waals surface area (Å²) in [6, 6.07) is 14.2. The van der Waals surface area contributed by atoms with Gasteiger partial charge in [0, 0.05) is 24.9 Å². The molecule has 2 aliphatic rings. The van der Waals surface area contributed by atoms with Gasteiger partial charge in [-0.3, -0.25) is 0 Å². The standard InChI is InChI=1S/C19H20N5O/c1-2-4-15(5-3-1)16-12-21-19(22-13-16)23-17-6-7-18(20-14-17)24-8-10-25-11-9-24/h1-7,12-14H,8-11H2,(H2,21,22,23). The predicted octanol–water partition coefficient (Wildman–Crippen LogP) is 2.49. The van der Waals surface area contributed by atoms with E-state index in [4.69, 9.17) is 4.74 Å². The smallest absolute Gasteiger partial charge is 0.201 e. The summed E-state index contributed by atoms with van der Waals surface area (Å²) < 4.78 is 5.37. The van der Waals surface area contributed by atoms with Gasteiger partial charge >= 0.3 is 0 Å². The van der Waals surface area contributed by atoms with Crippen molar-refractivity contribution in [3.05, 3.63) is 67.0 Å².